The number of hydrogen-bond donors (Lipinski definition) is 1. The Bertz CT molecular complexity index is 482. The van der Waals surface area contributed by atoms with E-state index in [2.05, 4.69) is 5.32 Å². The van der Waals surface area contributed by atoms with Crippen molar-refractivity contribution in [1.29, 1.82) is 0 Å². The molecule has 0 aromatic heterocycles. The molecule has 5 nitrogen and oxygen atoms in total. The predicted molar refractivity (Wildman–Crippen MR) is 61.5 cm³/mol. The fraction of sp³-hybridized carbons (Fsp3) is 0.333. The van der Waals surface area contributed by atoms with Crippen molar-refractivity contribution >= 4 is 17.4 Å². The molecule has 0 saturated heterocycles. The van der Waals surface area contributed by atoms with Gasteiger partial charge in [0.15, 0.2) is 0 Å². The molecule has 0 radical (unpaired) electrons. The maximum Gasteiger partial charge on any atom is 0.296 e. The van der Waals surface area contributed by atoms with Crippen LogP contribution in [0, 0.1) is 6.92 Å². The molecule has 0 saturated carbocycles. The fourth-order valence-corrected chi connectivity index (χ4v) is 1.74. The van der Waals surface area contributed by atoms with Crippen LogP contribution in [0.2, 0.25) is 0 Å². The van der Waals surface area contributed by atoms with Crippen molar-refractivity contribution in [1.82, 2.24) is 0 Å². The number of ether oxygens (including phenoxy) is 2. The van der Waals surface area contributed by atoms with E-state index in [0.717, 1.165) is 5.56 Å². The minimum Gasteiger partial charge on any atom is -0.489 e. The largest absolute Gasteiger partial charge is 0.489 e. The SMILES string of the molecule is COCCOc1ccc(C)c2c1NC(=O)C2=O. The van der Waals surface area contributed by atoms with Crippen LogP contribution in [0.5, 0.6) is 5.75 Å². The van der Waals surface area contributed by atoms with Gasteiger partial charge in [0.1, 0.15) is 12.4 Å². The van der Waals surface area contributed by atoms with Gasteiger partial charge >= 0.3 is 0 Å². The van der Waals surface area contributed by atoms with Crippen molar-refractivity contribution in [2.45, 2.75) is 6.92 Å². The Morgan fingerprint density at radius 3 is 2.71 bits per heavy atom. The third-order valence-electron chi connectivity index (χ3n) is 2.59. The third kappa shape index (κ3) is 2.01. The number of methoxy groups -OCH3 is 1. The van der Waals surface area contributed by atoms with E-state index < -0.39 is 11.7 Å². The smallest absolute Gasteiger partial charge is 0.296 e. The summed E-state index contributed by atoms with van der Waals surface area (Å²) >= 11 is 0. The van der Waals surface area contributed by atoms with Gasteiger partial charge < -0.3 is 14.8 Å². The molecular weight excluding hydrogens is 222 g/mol. The standard InChI is InChI=1S/C12H13NO4/c1-7-3-4-8(17-6-5-16-2)10-9(7)11(14)12(15)13-10/h3-4H,5-6H2,1-2H3,(H,13,14,15). The molecule has 0 aliphatic carbocycles. The minimum absolute atomic E-state index is 0.371. The van der Waals surface area contributed by atoms with Gasteiger partial charge in [-0.05, 0) is 18.6 Å². The van der Waals surface area contributed by atoms with Gasteiger partial charge in [-0.25, -0.2) is 0 Å². The highest BCUT2D eigenvalue weighted by molar-refractivity contribution is 6.52. The van der Waals surface area contributed by atoms with Crippen LogP contribution in [-0.2, 0) is 9.53 Å². The van der Waals surface area contributed by atoms with E-state index in [1.807, 2.05) is 0 Å². The Morgan fingerprint density at radius 1 is 1.24 bits per heavy atom. The Morgan fingerprint density at radius 2 is 2.00 bits per heavy atom. The van der Waals surface area contributed by atoms with Gasteiger partial charge in [-0.15, -0.1) is 0 Å². The lowest BCUT2D eigenvalue weighted by molar-refractivity contribution is -0.112. The molecule has 17 heavy (non-hydrogen) atoms. The maximum atomic E-state index is 11.6. The van der Waals surface area contributed by atoms with Crippen LogP contribution < -0.4 is 10.1 Å². The number of ketones is 1. The summed E-state index contributed by atoms with van der Waals surface area (Å²) in [5.74, 6) is -0.609. The monoisotopic (exact) mass is 235 g/mol. The van der Waals surface area contributed by atoms with Gasteiger partial charge in [-0.1, -0.05) is 6.07 Å². The first-order chi connectivity index (χ1) is 8.15. The van der Waals surface area contributed by atoms with Gasteiger partial charge in [-0.3, -0.25) is 9.59 Å². The van der Waals surface area contributed by atoms with Crippen LogP contribution >= 0.6 is 0 Å². The molecule has 0 spiro atoms. The fourth-order valence-electron chi connectivity index (χ4n) is 1.74. The van der Waals surface area contributed by atoms with Crippen LogP contribution in [0.25, 0.3) is 0 Å². The molecular formula is C12H13NO4. The summed E-state index contributed by atoms with van der Waals surface area (Å²) in [6.07, 6.45) is 0. The maximum absolute atomic E-state index is 11.6. The normalized spacial score (nSPS) is 13.5. The summed E-state index contributed by atoms with van der Waals surface area (Å²) in [7, 11) is 1.58. The Balaban J connectivity index is 2.32. The van der Waals surface area contributed by atoms with Gasteiger partial charge in [-0.2, -0.15) is 0 Å². The van der Waals surface area contributed by atoms with E-state index in [1.165, 1.54) is 0 Å². The predicted octanol–water partition coefficient (Wildman–Crippen LogP) is 1.16. The second kappa shape index (κ2) is 4.55. The third-order valence-corrected chi connectivity index (χ3v) is 2.59. The molecule has 1 aliphatic rings. The number of Topliss-reactive ketones (excluding diaryl/α,β-unsaturated/α-hetero) is 1. The molecule has 90 valence electrons. The topological polar surface area (TPSA) is 64.6 Å². The number of hydrogen-bond acceptors (Lipinski definition) is 4. The summed E-state index contributed by atoms with van der Waals surface area (Å²) in [5.41, 5.74) is 1.64. The lowest BCUT2D eigenvalue weighted by Crippen LogP contribution is -2.13. The van der Waals surface area contributed by atoms with E-state index in [9.17, 15) is 9.59 Å². The van der Waals surface area contributed by atoms with Gasteiger partial charge in [0.2, 0.25) is 0 Å². The highest BCUT2D eigenvalue weighted by Crippen LogP contribution is 2.35. The quantitative estimate of drug-likeness (QED) is 0.628. The molecule has 1 N–H and O–H groups in total. The molecule has 1 aromatic carbocycles. The number of rotatable bonds is 4. The number of carbonyl (C=O) groups is 2. The van der Waals surface area contributed by atoms with E-state index in [0.29, 0.717) is 30.2 Å². The number of nitrogens with one attached hydrogen (secondary N) is 1. The van der Waals surface area contributed by atoms with Crippen LogP contribution in [0.3, 0.4) is 0 Å². The average molecular weight is 235 g/mol. The molecule has 0 bridgehead atoms. The average Bonchev–Trinajstić information content (AvgIpc) is 2.60. The summed E-state index contributed by atoms with van der Waals surface area (Å²) in [6.45, 7) is 2.61. The molecule has 0 fully saturated rings. The van der Waals surface area contributed by atoms with Crippen molar-refractivity contribution < 1.29 is 19.1 Å². The molecule has 0 atom stereocenters. The molecule has 1 aromatic rings. The first kappa shape index (κ1) is 11.6. The minimum atomic E-state index is -0.606. The molecule has 0 unspecified atom stereocenters. The van der Waals surface area contributed by atoms with Crippen molar-refractivity contribution in [2.24, 2.45) is 0 Å². The summed E-state index contributed by atoms with van der Waals surface area (Å²) in [4.78, 5) is 22.9. The summed E-state index contributed by atoms with van der Waals surface area (Å²) < 4.78 is 10.3. The lowest BCUT2D eigenvalue weighted by Gasteiger charge is -2.10. The van der Waals surface area contributed by atoms with Gasteiger partial charge in [0, 0.05) is 7.11 Å². The van der Waals surface area contributed by atoms with E-state index in [-0.39, 0.29) is 0 Å². The number of anilines is 1. The highest BCUT2D eigenvalue weighted by atomic mass is 16.5. The van der Waals surface area contributed by atoms with Crippen molar-refractivity contribution in [2.75, 3.05) is 25.6 Å². The second-order valence-corrected chi connectivity index (χ2v) is 3.76. The Labute approximate surface area is 98.7 Å². The first-order valence-corrected chi connectivity index (χ1v) is 5.26. The first-order valence-electron chi connectivity index (χ1n) is 5.26. The number of fused-ring (bicyclic) bond motifs is 1. The highest BCUT2D eigenvalue weighted by Gasteiger charge is 2.32. The van der Waals surface area contributed by atoms with Gasteiger partial charge in [0.25, 0.3) is 11.7 Å². The number of carbonyl (C=O) groups excluding carboxylic acids is 2. The molecule has 5 heteroatoms. The van der Waals surface area contributed by atoms with Crippen LogP contribution in [0.4, 0.5) is 5.69 Å². The summed E-state index contributed by atoms with van der Waals surface area (Å²) in [6, 6.07) is 3.50. The Hall–Kier alpha value is -1.88. The van der Waals surface area contributed by atoms with E-state index >= 15 is 0 Å². The zero-order chi connectivity index (χ0) is 12.4. The van der Waals surface area contributed by atoms with Crippen LogP contribution in [0.1, 0.15) is 15.9 Å². The number of aryl methyl sites for hydroxylation is 1. The number of amides is 1. The Kier molecular flexibility index (Phi) is 3.10. The van der Waals surface area contributed by atoms with Crippen LogP contribution in [-0.4, -0.2) is 32.0 Å². The molecule has 1 aliphatic heterocycles. The lowest BCUT2D eigenvalue weighted by atomic mass is 10.0. The van der Waals surface area contributed by atoms with Gasteiger partial charge in [0.05, 0.1) is 17.9 Å². The second-order valence-electron chi connectivity index (χ2n) is 3.76. The van der Waals surface area contributed by atoms with Crippen LogP contribution in [0.15, 0.2) is 12.1 Å². The molecule has 1 amide bonds. The van der Waals surface area contributed by atoms with E-state index in [4.69, 9.17) is 9.47 Å². The van der Waals surface area contributed by atoms with Crippen molar-refractivity contribution in [3.63, 3.8) is 0 Å². The van der Waals surface area contributed by atoms with Crippen molar-refractivity contribution in [3.8, 4) is 5.75 Å². The molecule has 1 heterocycles. The molecule has 2 rings (SSSR count). The zero-order valence-corrected chi connectivity index (χ0v) is 9.70. The van der Waals surface area contributed by atoms with E-state index in [1.54, 1.807) is 26.2 Å². The zero-order valence-electron chi connectivity index (χ0n) is 9.70. The van der Waals surface area contributed by atoms with Crippen molar-refractivity contribution in [3.05, 3.63) is 23.3 Å². The number of benzene rings is 1. The summed E-state index contributed by atoms with van der Waals surface area (Å²) in [5, 5.41) is 2.53.